The number of hydrogen-bond donors (Lipinski definition) is 0. The first kappa shape index (κ1) is 29.0. The van der Waals surface area contributed by atoms with E-state index < -0.39 is 0 Å². The fraction of sp³-hybridized carbons (Fsp3) is 0. The number of halogens is 1. The van der Waals surface area contributed by atoms with Gasteiger partial charge in [-0.05, 0) is 12.1 Å². The van der Waals surface area contributed by atoms with E-state index in [1.807, 2.05) is 48.7 Å². The van der Waals surface area contributed by atoms with Crippen LogP contribution in [0.3, 0.4) is 0 Å². The van der Waals surface area contributed by atoms with Crippen molar-refractivity contribution in [3.63, 3.8) is 0 Å². The number of para-hydroxylation sites is 1. The topological polar surface area (TPSA) is 51.8 Å². The molecule has 0 atom stereocenters. The molecule has 0 saturated carbocycles. The van der Waals surface area contributed by atoms with Crippen LogP contribution in [0.25, 0.3) is 89.4 Å². The van der Waals surface area contributed by atoms with Gasteiger partial charge < -0.3 is 0 Å². The molecule has 0 radical (unpaired) electrons. The van der Waals surface area contributed by atoms with E-state index in [1.165, 1.54) is 23.8 Å². The van der Waals surface area contributed by atoms with Crippen LogP contribution < -0.4 is 21.2 Å². The van der Waals surface area contributed by atoms with Crippen LogP contribution in [-0.4, -0.2) is 15.0 Å². The molecule has 10 rings (SSSR count). The summed E-state index contributed by atoms with van der Waals surface area (Å²) < 4.78 is 9.69. The van der Waals surface area contributed by atoms with E-state index in [2.05, 4.69) is 120 Å². The molecule has 0 amide bonds. The minimum absolute atomic E-state index is 0.327. The third kappa shape index (κ3) is 4.84. The van der Waals surface area contributed by atoms with Crippen molar-refractivity contribution in [2.75, 3.05) is 0 Å². The van der Waals surface area contributed by atoms with Crippen molar-refractivity contribution in [2.45, 2.75) is 0 Å². The van der Waals surface area contributed by atoms with Crippen molar-refractivity contribution in [1.82, 2.24) is 15.0 Å². The van der Waals surface area contributed by atoms with E-state index in [0.717, 1.165) is 66.8 Å². The van der Waals surface area contributed by atoms with Crippen LogP contribution in [0, 0.1) is 7.14 Å². The van der Waals surface area contributed by atoms with Gasteiger partial charge in [-0.3, -0.25) is 4.98 Å². The summed E-state index contributed by atoms with van der Waals surface area (Å²) >= 11 is -0.327. The standard InChI is InChI=1S/C45H27IN3O/c1-2-11-28(12-3-1)39-27-40(30-22-20-29(21-23-30)38-18-8-9-26-47-38)49-45(48-39)36-25-24-34(44-42(36)35-14-5-7-19-41(35)50-44)33-16-10-15-32-31-13-4-6-17-37(31)46-43(32)33/h1-27H/q-1. The molecule has 0 fully saturated rings. The Morgan fingerprint density at radius 1 is 0.460 bits per heavy atom. The van der Waals surface area contributed by atoms with E-state index in [4.69, 9.17) is 14.4 Å². The summed E-state index contributed by atoms with van der Waals surface area (Å²) in [4.78, 5) is 15.0. The Kier molecular flexibility index (Phi) is 6.91. The molecule has 0 unspecified atom stereocenters. The number of pyridine rings is 1. The van der Waals surface area contributed by atoms with Gasteiger partial charge in [0, 0.05) is 11.8 Å². The van der Waals surface area contributed by atoms with Crippen molar-refractivity contribution < 1.29 is 25.6 Å². The second-order valence-corrected chi connectivity index (χ2v) is 15.1. The fourth-order valence-electron chi connectivity index (χ4n) is 6.96. The number of fused-ring (bicyclic) bond motifs is 6. The molecule has 4 nitrogen and oxygen atoms in total. The van der Waals surface area contributed by atoms with E-state index >= 15 is 0 Å². The zero-order valence-electron chi connectivity index (χ0n) is 26.7. The average molecular weight is 753 g/mol. The molecule has 0 aliphatic carbocycles. The van der Waals surface area contributed by atoms with E-state index in [9.17, 15) is 0 Å². The molecule has 4 heterocycles. The molecule has 6 aromatic carbocycles. The summed E-state index contributed by atoms with van der Waals surface area (Å²) in [5.74, 6) is 0.663. The Morgan fingerprint density at radius 3 is 1.90 bits per heavy atom. The van der Waals surface area contributed by atoms with Gasteiger partial charge >= 0.3 is 254 Å². The molecule has 236 valence electrons. The Hall–Kier alpha value is -5.92. The van der Waals surface area contributed by atoms with E-state index in [0.29, 0.717) is 5.82 Å². The summed E-state index contributed by atoms with van der Waals surface area (Å²) in [6, 6.07) is 55.1. The summed E-state index contributed by atoms with van der Waals surface area (Å²) in [7, 11) is 0. The normalized spacial score (nSPS) is 12.1. The minimum atomic E-state index is -0.327. The number of rotatable bonds is 5. The molecule has 9 aromatic rings. The van der Waals surface area contributed by atoms with Crippen LogP contribution in [0.2, 0.25) is 0 Å². The van der Waals surface area contributed by atoms with Gasteiger partial charge in [-0.15, -0.1) is 0 Å². The summed E-state index contributed by atoms with van der Waals surface area (Å²) in [5, 5.41) is 2.09. The number of nitrogens with zero attached hydrogens (tertiary/aromatic N) is 3. The maximum absolute atomic E-state index is 6.77. The second-order valence-electron chi connectivity index (χ2n) is 12.3. The van der Waals surface area contributed by atoms with Gasteiger partial charge in [0.1, 0.15) is 0 Å². The second kappa shape index (κ2) is 11.9. The van der Waals surface area contributed by atoms with Gasteiger partial charge in [-0.25, -0.2) is 0 Å². The van der Waals surface area contributed by atoms with Gasteiger partial charge in [0.2, 0.25) is 0 Å². The van der Waals surface area contributed by atoms with Crippen LogP contribution in [0.5, 0.6) is 0 Å². The van der Waals surface area contributed by atoms with Crippen LogP contribution in [-0.2, 0) is 0 Å². The predicted molar refractivity (Wildman–Crippen MR) is 197 cm³/mol. The Balaban J connectivity index is 1.18. The van der Waals surface area contributed by atoms with E-state index in [-0.39, 0.29) is 21.2 Å². The van der Waals surface area contributed by atoms with Crippen molar-refractivity contribution in [3.8, 4) is 67.4 Å². The first-order valence-corrected chi connectivity index (χ1v) is 18.7. The van der Waals surface area contributed by atoms with Crippen LogP contribution in [0.4, 0.5) is 0 Å². The van der Waals surface area contributed by atoms with Crippen LogP contribution >= 0.6 is 0 Å². The Bertz CT molecular complexity index is 2720. The Labute approximate surface area is 299 Å². The first-order valence-electron chi connectivity index (χ1n) is 16.6. The van der Waals surface area contributed by atoms with Crippen molar-refractivity contribution in [1.29, 1.82) is 0 Å². The van der Waals surface area contributed by atoms with Crippen molar-refractivity contribution >= 4 is 21.9 Å². The van der Waals surface area contributed by atoms with Crippen molar-refractivity contribution in [3.05, 3.63) is 171 Å². The molecule has 0 N–H and O–H groups in total. The molecule has 50 heavy (non-hydrogen) atoms. The number of aromatic nitrogens is 3. The molecular formula is C45H27IN3O-. The molecule has 0 saturated heterocycles. The summed E-state index contributed by atoms with van der Waals surface area (Å²) in [5.41, 5.74) is 13.5. The molecule has 0 spiro atoms. The van der Waals surface area contributed by atoms with Gasteiger partial charge in [-0.2, -0.15) is 0 Å². The monoisotopic (exact) mass is 752 g/mol. The average Bonchev–Trinajstić information content (AvgIpc) is 3.78. The van der Waals surface area contributed by atoms with Crippen LogP contribution in [0.1, 0.15) is 0 Å². The van der Waals surface area contributed by atoms with Crippen molar-refractivity contribution in [2.24, 2.45) is 0 Å². The molecule has 1 aliphatic rings. The van der Waals surface area contributed by atoms with Gasteiger partial charge in [0.15, 0.2) is 0 Å². The molecule has 3 aromatic heterocycles. The molecule has 1 aliphatic heterocycles. The molecule has 5 heteroatoms. The molecule has 0 bridgehead atoms. The van der Waals surface area contributed by atoms with Gasteiger partial charge in [0.25, 0.3) is 0 Å². The maximum atomic E-state index is 6.77. The summed E-state index contributed by atoms with van der Waals surface area (Å²) in [6.07, 6.45) is 1.82. The third-order valence-corrected chi connectivity index (χ3v) is 12.6. The zero-order valence-corrected chi connectivity index (χ0v) is 28.9. The molecular weight excluding hydrogens is 725 g/mol. The SMILES string of the molecule is c1ccc(-c2cc(-c3ccc(-c4ccccn4)cc3)nc(-c3ccc(-c4cccc5c4[I-]c4ccccc4-5)c4oc5ccccc5c34)n2)cc1. The Morgan fingerprint density at radius 2 is 1.10 bits per heavy atom. The van der Waals surface area contributed by atoms with Gasteiger partial charge in [-0.1, -0.05) is 12.1 Å². The van der Waals surface area contributed by atoms with E-state index in [1.54, 1.807) is 0 Å². The predicted octanol–water partition coefficient (Wildman–Crippen LogP) is 8.21. The third-order valence-electron chi connectivity index (χ3n) is 9.35. The number of benzene rings is 6. The zero-order chi connectivity index (χ0) is 33.0. The quantitative estimate of drug-likeness (QED) is 0.167. The number of hydrogen-bond acceptors (Lipinski definition) is 4. The number of furan rings is 1. The first-order chi connectivity index (χ1) is 24.8. The summed E-state index contributed by atoms with van der Waals surface area (Å²) in [6.45, 7) is 0. The fourth-order valence-corrected chi connectivity index (χ4v) is 10.2. The van der Waals surface area contributed by atoms with Gasteiger partial charge in [0.05, 0.1) is 5.69 Å². The van der Waals surface area contributed by atoms with Crippen LogP contribution in [0.15, 0.2) is 168 Å².